The minimum Gasteiger partial charge on any atom is -0.315 e. The van der Waals surface area contributed by atoms with Crippen LogP contribution in [0, 0.1) is 0 Å². The van der Waals surface area contributed by atoms with Gasteiger partial charge in [0.25, 0.3) is 0 Å². The van der Waals surface area contributed by atoms with Crippen molar-refractivity contribution in [3.05, 3.63) is 0 Å². The summed E-state index contributed by atoms with van der Waals surface area (Å²) in [5.41, 5.74) is 0. The van der Waals surface area contributed by atoms with Crippen LogP contribution in [0.25, 0.3) is 0 Å². The minimum absolute atomic E-state index is 0.824. The SMILES string of the molecule is CCCCCCCCCN(CCC)C1CCNC1. The number of unbranched alkanes of at least 4 members (excludes halogenated alkanes) is 6. The zero-order valence-electron chi connectivity index (χ0n) is 12.7. The van der Waals surface area contributed by atoms with Gasteiger partial charge in [0.1, 0.15) is 0 Å². The van der Waals surface area contributed by atoms with Gasteiger partial charge < -0.3 is 5.32 Å². The standard InChI is InChI=1S/C16H34N2/c1-3-5-6-7-8-9-10-14-18(13-4-2)16-11-12-17-15-16/h16-17H,3-15H2,1-2H3. The number of hydrogen-bond acceptors (Lipinski definition) is 2. The molecule has 2 nitrogen and oxygen atoms in total. The summed E-state index contributed by atoms with van der Waals surface area (Å²) in [5.74, 6) is 0. The molecule has 0 aromatic rings. The number of nitrogens with zero attached hydrogens (tertiary/aromatic N) is 1. The molecule has 1 fully saturated rings. The van der Waals surface area contributed by atoms with Gasteiger partial charge in [-0.05, 0) is 38.9 Å². The number of hydrogen-bond donors (Lipinski definition) is 1. The molecule has 0 saturated carbocycles. The fourth-order valence-electron chi connectivity index (χ4n) is 2.99. The van der Waals surface area contributed by atoms with Gasteiger partial charge in [-0.25, -0.2) is 0 Å². The molecule has 0 spiro atoms. The second kappa shape index (κ2) is 10.8. The van der Waals surface area contributed by atoms with Crippen molar-refractivity contribution in [2.24, 2.45) is 0 Å². The van der Waals surface area contributed by atoms with E-state index < -0.39 is 0 Å². The Kier molecular flexibility index (Phi) is 9.59. The van der Waals surface area contributed by atoms with E-state index in [0.717, 1.165) is 6.04 Å². The fraction of sp³-hybridized carbons (Fsp3) is 1.00. The van der Waals surface area contributed by atoms with Crippen molar-refractivity contribution in [1.29, 1.82) is 0 Å². The molecule has 0 aromatic carbocycles. The molecule has 1 atom stereocenters. The van der Waals surface area contributed by atoms with Crippen LogP contribution in [0.1, 0.15) is 71.6 Å². The van der Waals surface area contributed by atoms with Gasteiger partial charge >= 0.3 is 0 Å². The topological polar surface area (TPSA) is 15.3 Å². The maximum atomic E-state index is 3.49. The highest BCUT2D eigenvalue weighted by atomic mass is 15.2. The van der Waals surface area contributed by atoms with Crippen LogP contribution in [-0.2, 0) is 0 Å². The Labute approximate surface area is 115 Å². The fourth-order valence-corrected chi connectivity index (χ4v) is 2.99. The molecule has 0 radical (unpaired) electrons. The van der Waals surface area contributed by atoms with Gasteiger partial charge in [-0.2, -0.15) is 0 Å². The van der Waals surface area contributed by atoms with E-state index >= 15 is 0 Å². The van der Waals surface area contributed by atoms with Gasteiger partial charge in [-0.15, -0.1) is 0 Å². The van der Waals surface area contributed by atoms with Crippen molar-refractivity contribution < 1.29 is 0 Å². The second-order valence-electron chi connectivity index (χ2n) is 5.80. The summed E-state index contributed by atoms with van der Waals surface area (Å²) in [7, 11) is 0. The first-order valence-corrected chi connectivity index (χ1v) is 8.33. The molecule has 1 aliphatic rings. The Hall–Kier alpha value is -0.0800. The normalized spacial score (nSPS) is 19.8. The summed E-state index contributed by atoms with van der Waals surface area (Å²) in [6, 6.07) is 0.824. The van der Waals surface area contributed by atoms with Crippen LogP contribution in [0.2, 0.25) is 0 Å². The highest BCUT2D eigenvalue weighted by Gasteiger charge is 2.20. The highest BCUT2D eigenvalue weighted by Crippen LogP contribution is 2.12. The summed E-state index contributed by atoms with van der Waals surface area (Å²) >= 11 is 0. The predicted octanol–water partition coefficient (Wildman–Crippen LogP) is 3.81. The molecule has 0 aromatic heterocycles. The molecule has 1 N–H and O–H groups in total. The van der Waals surface area contributed by atoms with Crippen LogP contribution in [-0.4, -0.2) is 37.1 Å². The molecular weight excluding hydrogens is 220 g/mol. The largest absolute Gasteiger partial charge is 0.315 e. The van der Waals surface area contributed by atoms with E-state index in [1.807, 2.05) is 0 Å². The van der Waals surface area contributed by atoms with E-state index in [0.29, 0.717) is 0 Å². The van der Waals surface area contributed by atoms with Gasteiger partial charge in [-0.1, -0.05) is 52.4 Å². The molecule has 2 heteroatoms. The van der Waals surface area contributed by atoms with E-state index in [4.69, 9.17) is 0 Å². The lowest BCUT2D eigenvalue weighted by Crippen LogP contribution is -2.38. The van der Waals surface area contributed by atoms with E-state index in [1.54, 1.807) is 0 Å². The predicted molar refractivity (Wildman–Crippen MR) is 81.1 cm³/mol. The highest BCUT2D eigenvalue weighted by molar-refractivity contribution is 4.80. The van der Waals surface area contributed by atoms with Gasteiger partial charge in [0.2, 0.25) is 0 Å². The molecule has 0 bridgehead atoms. The quantitative estimate of drug-likeness (QED) is 0.564. The molecule has 1 unspecified atom stereocenters. The summed E-state index contributed by atoms with van der Waals surface area (Å²) < 4.78 is 0. The van der Waals surface area contributed by atoms with Gasteiger partial charge in [0.05, 0.1) is 0 Å². The van der Waals surface area contributed by atoms with Crippen molar-refractivity contribution >= 4 is 0 Å². The van der Waals surface area contributed by atoms with E-state index in [9.17, 15) is 0 Å². The smallest absolute Gasteiger partial charge is 0.0232 e. The third kappa shape index (κ3) is 6.75. The van der Waals surface area contributed by atoms with Crippen LogP contribution < -0.4 is 5.32 Å². The average molecular weight is 254 g/mol. The molecule has 18 heavy (non-hydrogen) atoms. The van der Waals surface area contributed by atoms with Crippen LogP contribution in [0.15, 0.2) is 0 Å². The van der Waals surface area contributed by atoms with Crippen molar-refractivity contribution in [2.45, 2.75) is 77.7 Å². The molecule has 1 heterocycles. The Balaban J connectivity index is 2.02. The summed E-state index contributed by atoms with van der Waals surface area (Å²) in [6.45, 7) is 9.66. The first-order chi connectivity index (χ1) is 8.88. The third-order valence-electron chi connectivity index (χ3n) is 4.11. The molecule has 108 valence electrons. The van der Waals surface area contributed by atoms with E-state index in [1.165, 1.54) is 84.0 Å². The van der Waals surface area contributed by atoms with Crippen LogP contribution in [0.3, 0.4) is 0 Å². The molecule has 1 aliphatic heterocycles. The lowest BCUT2D eigenvalue weighted by molar-refractivity contribution is 0.203. The Bertz CT molecular complexity index is 176. The second-order valence-corrected chi connectivity index (χ2v) is 5.80. The third-order valence-corrected chi connectivity index (χ3v) is 4.11. The van der Waals surface area contributed by atoms with Gasteiger partial charge in [0.15, 0.2) is 0 Å². The average Bonchev–Trinajstić information content (AvgIpc) is 2.90. The molecule has 0 amide bonds. The summed E-state index contributed by atoms with van der Waals surface area (Å²) in [6.07, 6.45) is 12.6. The molecule has 0 aliphatic carbocycles. The van der Waals surface area contributed by atoms with Crippen molar-refractivity contribution in [3.8, 4) is 0 Å². The van der Waals surface area contributed by atoms with Crippen molar-refractivity contribution in [1.82, 2.24) is 10.2 Å². The molecular formula is C16H34N2. The summed E-state index contributed by atoms with van der Waals surface area (Å²) in [5, 5.41) is 3.49. The van der Waals surface area contributed by atoms with Crippen LogP contribution >= 0.6 is 0 Å². The molecule has 1 saturated heterocycles. The lowest BCUT2D eigenvalue weighted by Gasteiger charge is -2.27. The Morgan fingerprint density at radius 2 is 1.61 bits per heavy atom. The van der Waals surface area contributed by atoms with Crippen molar-refractivity contribution in [3.63, 3.8) is 0 Å². The van der Waals surface area contributed by atoms with Gasteiger partial charge in [-0.3, -0.25) is 4.90 Å². The maximum absolute atomic E-state index is 3.49. The van der Waals surface area contributed by atoms with E-state index in [-0.39, 0.29) is 0 Å². The Morgan fingerprint density at radius 3 is 2.22 bits per heavy atom. The maximum Gasteiger partial charge on any atom is 0.0232 e. The first kappa shape index (κ1) is 16.0. The zero-order valence-corrected chi connectivity index (χ0v) is 12.7. The first-order valence-electron chi connectivity index (χ1n) is 8.33. The monoisotopic (exact) mass is 254 g/mol. The lowest BCUT2D eigenvalue weighted by atomic mass is 10.1. The minimum atomic E-state index is 0.824. The van der Waals surface area contributed by atoms with Crippen LogP contribution in [0.4, 0.5) is 0 Å². The number of nitrogens with one attached hydrogen (secondary N) is 1. The molecule has 1 rings (SSSR count). The zero-order chi connectivity index (χ0) is 13.1. The van der Waals surface area contributed by atoms with Crippen LogP contribution in [0.5, 0.6) is 0 Å². The van der Waals surface area contributed by atoms with E-state index in [2.05, 4.69) is 24.1 Å². The number of rotatable bonds is 11. The van der Waals surface area contributed by atoms with Crippen molar-refractivity contribution in [2.75, 3.05) is 26.2 Å². The van der Waals surface area contributed by atoms with Gasteiger partial charge in [0, 0.05) is 12.6 Å². The summed E-state index contributed by atoms with van der Waals surface area (Å²) in [4.78, 5) is 2.73. The Morgan fingerprint density at radius 1 is 0.889 bits per heavy atom.